The number of allylic oxidation sites excluding steroid dienone is 1. The van der Waals surface area contributed by atoms with Crippen LogP contribution in [0.3, 0.4) is 0 Å². The van der Waals surface area contributed by atoms with Crippen LogP contribution in [0, 0.1) is 0 Å². The zero-order valence-corrected chi connectivity index (χ0v) is 6.59. The summed E-state index contributed by atoms with van der Waals surface area (Å²) in [6.07, 6.45) is 3.46. The summed E-state index contributed by atoms with van der Waals surface area (Å²) in [6, 6.07) is 8.28. The molecular weight excluding hydrogens is 131 g/mol. The first-order chi connectivity index (χ1) is 5.36. The van der Waals surface area contributed by atoms with Crippen LogP contribution in [0.2, 0.25) is 0 Å². The van der Waals surface area contributed by atoms with Crippen LogP contribution in [-0.2, 0) is 12.7 Å². The molecule has 0 saturated heterocycles. The first kappa shape index (κ1) is 8.12. The molecule has 1 heteroatoms. The lowest BCUT2D eigenvalue weighted by Crippen LogP contribution is -1.85. The average Bonchev–Trinajstić information content (AvgIpc) is 2.07. The van der Waals surface area contributed by atoms with E-state index in [1.165, 1.54) is 11.1 Å². The molecule has 0 unspecified atom stereocenters. The quantitative estimate of drug-likeness (QED) is 0.447. The van der Waals surface area contributed by atoms with E-state index in [-0.39, 0.29) is 0 Å². The molecule has 2 radical (unpaired) electrons. The van der Waals surface area contributed by atoms with E-state index in [4.69, 9.17) is 7.85 Å². The van der Waals surface area contributed by atoms with Gasteiger partial charge in [0.25, 0.3) is 0 Å². The second kappa shape index (κ2) is 4.02. The maximum absolute atomic E-state index is 5.45. The van der Waals surface area contributed by atoms with Crippen LogP contribution < -0.4 is 0 Å². The van der Waals surface area contributed by atoms with Crippen molar-refractivity contribution in [3.05, 3.63) is 48.0 Å². The molecule has 0 fully saturated rings. The predicted molar refractivity (Wildman–Crippen MR) is 49.8 cm³/mol. The Bertz CT molecular complexity index is 223. The first-order valence-corrected chi connectivity index (χ1v) is 3.75. The van der Waals surface area contributed by atoms with Gasteiger partial charge in [-0.25, -0.2) is 0 Å². The molecule has 54 valence electrons. The van der Waals surface area contributed by atoms with Crippen LogP contribution in [0.1, 0.15) is 11.1 Å². The summed E-state index contributed by atoms with van der Waals surface area (Å²) in [7, 11) is 5.45. The summed E-state index contributed by atoms with van der Waals surface area (Å²) in [5.74, 6) is 0. The van der Waals surface area contributed by atoms with Gasteiger partial charge in [0.2, 0.25) is 0 Å². The molecule has 0 spiro atoms. The fraction of sp³-hybridized carbons (Fsp3) is 0.200. The lowest BCUT2D eigenvalue weighted by atomic mass is 9.96. The molecule has 1 aromatic rings. The van der Waals surface area contributed by atoms with Crippen molar-refractivity contribution in [2.24, 2.45) is 0 Å². The van der Waals surface area contributed by atoms with Gasteiger partial charge in [0.05, 0.1) is 7.85 Å². The largest absolute Gasteiger partial charge is 0.103 e. The van der Waals surface area contributed by atoms with Crippen LogP contribution >= 0.6 is 0 Å². The molecule has 0 bridgehead atoms. The van der Waals surface area contributed by atoms with Gasteiger partial charge in [-0.1, -0.05) is 42.2 Å². The zero-order chi connectivity index (χ0) is 8.10. The van der Waals surface area contributed by atoms with E-state index in [2.05, 4.69) is 30.8 Å². The molecular formula is C10H11B. The summed E-state index contributed by atoms with van der Waals surface area (Å²) >= 11 is 0. The molecule has 0 aliphatic carbocycles. The van der Waals surface area contributed by atoms with Crippen LogP contribution in [0.4, 0.5) is 0 Å². The van der Waals surface area contributed by atoms with Crippen LogP contribution in [0.25, 0.3) is 0 Å². The average molecular weight is 142 g/mol. The van der Waals surface area contributed by atoms with Gasteiger partial charge in [-0.15, -0.1) is 6.58 Å². The zero-order valence-electron chi connectivity index (χ0n) is 6.59. The van der Waals surface area contributed by atoms with Crippen molar-refractivity contribution in [2.45, 2.75) is 12.7 Å². The molecule has 1 rings (SSSR count). The Morgan fingerprint density at radius 2 is 1.73 bits per heavy atom. The number of benzene rings is 1. The van der Waals surface area contributed by atoms with Crippen molar-refractivity contribution in [3.8, 4) is 0 Å². The maximum atomic E-state index is 5.45. The van der Waals surface area contributed by atoms with Gasteiger partial charge in [-0.05, 0) is 12.0 Å². The van der Waals surface area contributed by atoms with Gasteiger partial charge < -0.3 is 0 Å². The molecule has 0 atom stereocenters. The van der Waals surface area contributed by atoms with Gasteiger partial charge >= 0.3 is 0 Å². The summed E-state index contributed by atoms with van der Waals surface area (Å²) < 4.78 is 0. The molecule has 0 nitrogen and oxygen atoms in total. The molecule has 1 aromatic carbocycles. The van der Waals surface area contributed by atoms with Crippen molar-refractivity contribution >= 4 is 7.85 Å². The smallest absolute Gasteiger partial charge is 0.0716 e. The first-order valence-electron chi connectivity index (χ1n) is 3.75. The third-order valence-corrected chi connectivity index (χ3v) is 1.64. The number of hydrogen-bond acceptors (Lipinski definition) is 0. The fourth-order valence-corrected chi connectivity index (χ4v) is 0.978. The lowest BCUT2D eigenvalue weighted by molar-refractivity contribution is 1.25. The highest BCUT2D eigenvalue weighted by atomic mass is 13.9. The lowest BCUT2D eigenvalue weighted by Gasteiger charge is -1.98. The predicted octanol–water partition coefficient (Wildman–Crippen LogP) is 2.08. The Hall–Kier alpha value is -0.975. The number of rotatable bonds is 3. The molecule has 0 aliphatic rings. The van der Waals surface area contributed by atoms with E-state index >= 15 is 0 Å². The van der Waals surface area contributed by atoms with E-state index in [0.717, 1.165) is 6.42 Å². The van der Waals surface area contributed by atoms with Gasteiger partial charge in [0.1, 0.15) is 0 Å². The van der Waals surface area contributed by atoms with Crippen molar-refractivity contribution in [2.75, 3.05) is 0 Å². The highest BCUT2D eigenvalue weighted by Crippen LogP contribution is 2.04. The fourth-order valence-electron chi connectivity index (χ4n) is 0.978. The minimum absolute atomic E-state index is 0.619. The Balaban J connectivity index is 2.74. The Kier molecular flexibility index (Phi) is 2.97. The minimum Gasteiger partial charge on any atom is -0.103 e. The summed E-state index contributed by atoms with van der Waals surface area (Å²) in [5.41, 5.74) is 2.47. The molecule has 0 amide bonds. The van der Waals surface area contributed by atoms with Crippen molar-refractivity contribution < 1.29 is 0 Å². The van der Waals surface area contributed by atoms with Crippen molar-refractivity contribution in [3.63, 3.8) is 0 Å². The highest BCUT2D eigenvalue weighted by molar-refractivity contribution is 6.08. The van der Waals surface area contributed by atoms with Gasteiger partial charge in [-0.2, -0.15) is 0 Å². The van der Waals surface area contributed by atoms with Crippen LogP contribution in [0.15, 0.2) is 36.9 Å². The highest BCUT2D eigenvalue weighted by Gasteiger charge is 1.89. The molecule has 11 heavy (non-hydrogen) atoms. The van der Waals surface area contributed by atoms with Crippen molar-refractivity contribution in [1.82, 2.24) is 0 Å². The van der Waals surface area contributed by atoms with Gasteiger partial charge in [0.15, 0.2) is 0 Å². The number of hydrogen-bond donors (Lipinski definition) is 0. The summed E-state index contributed by atoms with van der Waals surface area (Å²) in [4.78, 5) is 0. The van der Waals surface area contributed by atoms with Crippen molar-refractivity contribution in [1.29, 1.82) is 0 Å². The SMILES string of the molecule is [B]Cc1ccc(CC=C)cc1. The molecule has 0 aliphatic heterocycles. The topological polar surface area (TPSA) is 0 Å². The van der Waals surface area contributed by atoms with E-state index in [1.54, 1.807) is 0 Å². The van der Waals surface area contributed by atoms with Gasteiger partial charge in [0, 0.05) is 0 Å². The second-order valence-electron chi connectivity index (χ2n) is 2.51. The Labute approximate surface area is 69.4 Å². The molecule has 0 saturated carbocycles. The summed E-state index contributed by atoms with van der Waals surface area (Å²) in [5, 5.41) is 0. The minimum atomic E-state index is 0.619. The molecule has 0 N–H and O–H groups in total. The second-order valence-corrected chi connectivity index (χ2v) is 2.51. The summed E-state index contributed by atoms with van der Waals surface area (Å²) in [6.45, 7) is 3.67. The maximum Gasteiger partial charge on any atom is 0.0716 e. The van der Waals surface area contributed by atoms with E-state index in [9.17, 15) is 0 Å². The normalized spacial score (nSPS) is 9.45. The third kappa shape index (κ3) is 2.26. The van der Waals surface area contributed by atoms with E-state index in [0.29, 0.717) is 6.32 Å². The molecule has 0 aromatic heterocycles. The van der Waals surface area contributed by atoms with Gasteiger partial charge in [-0.3, -0.25) is 0 Å². The van der Waals surface area contributed by atoms with E-state index < -0.39 is 0 Å². The Morgan fingerprint density at radius 1 is 1.18 bits per heavy atom. The Morgan fingerprint density at radius 3 is 2.18 bits per heavy atom. The molecule has 0 heterocycles. The van der Waals surface area contributed by atoms with Crippen LogP contribution in [0.5, 0.6) is 0 Å². The van der Waals surface area contributed by atoms with Crippen LogP contribution in [-0.4, -0.2) is 7.85 Å². The third-order valence-electron chi connectivity index (χ3n) is 1.64. The standard InChI is InChI=1S/C10H11B/c1-2-3-9-4-6-10(8-11)7-5-9/h2,4-7H,1,3,8H2. The monoisotopic (exact) mass is 142 g/mol. The van der Waals surface area contributed by atoms with E-state index in [1.807, 2.05) is 6.08 Å².